The maximum atomic E-state index is 10.7. The standard InChI is InChI=1S/C13H10ClNO4/c14-10-5-8(6-11(7-10)15(18)19)4-9-2-1-3-12(16)13(9)17/h1-3,5-7,16-17H,4H2. The number of halogens is 1. The zero-order valence-corrected chi connectivity index (χ0v) is 10.5. The summed E-state index contributed by atoms with van der Waals surface area (Å²) >= 11 is 5.82. The molecule has 2 rings (SSSR count). The van der Waals surface area contributed by atoms with E-state index in [1.807, 2.05) is 0 Å². The Balaban J connectivity index is 2.38. The Bertz CT molecular complexity index is 643. The van der Waals surface area contributed by atoms with Crippen LogP contribution in [-0.4, -0.2) is 15.1 Å². The summed E-state index contributed by atoms with van der Waals surface area (Å²) in [6, 6.07) is 8.80. The molecule has 0 saturated heterocycles. The molecule has 6 heteroatoms. The van der Waals surface area contributed by atoms with Crippen molar-refractivity contribution in [1.82, 2.24) is 0 Å². The van der Waals surface area contributed by atoms with Crippen molar-refractivity contribution < 1.29 is 15.1 Å². The van der Waals surface area contributed by atoms with E-state index < -0.39 is 4.92 Å². The number of para-hydroxylation sites is 1. The predicted molar refractivity (Wildman–Crippen MR) is 70.7 cm³/mol. The Morgan fingerprint density at radius 3 is 2.63 bits per heavy atom. The van der Waals surface area contributed by atoms with E-state index in [4.69, 9.17) is 11.6 Å². The van der Waals surface area contributed by atoms with E-state index in [2.05, 4.69) is 0 Å². The lowest BCUT2D eigenvalue weighted by atomic mass is 10.0. The summed E-state index contributed by atoms with van der Waals surface area (Å²) in [6.45, 7) is 0. The second-order valence-corrected chi connectivity index (χ2v) is 4.47. The highest BCUT2D eigenvalue weighted by molar-refractivity contribution is 6.30. The quantitative estimate of drug-likeness (QED) is 0.513. The summed E-state index contributed by atoms with van der Waals surface area (Å²) in [7, 11) is 0. The van der Waals surface area contributed by atoms with Gasteiger partial charge in [-0.2, -0.15) is 0 Å². The number of aromatic hydroxyl groups is 2. The maximum absolute atomic E-state index is 10.7. The zero-order chi connectivity index (χ0) is 14.0. The number of phenolic OH excluding ortho intramolecular Hbond substituents is 2. The van der Waals surface area contributed by atoms with Gasteiger partial charge in [-0.05, 0) is 17.7 Å². The molecular formula is C13H10ClNO4. The summed E-state index contributed by atoms with van der Waals surface area (Å²) in [6.07, 6.45) is 0.238. The highest BCUT2D eigenvalue weighted by Gasteiger charge is 2.12. The number of nitro benzene ring substituents is 1. The van der Waals surface area contributed by atoms with Crippen molar-refractivity contribution >= 4 is 17.3 Å². The average molecular weight is 280 g/mol. The van der Waals surface area contributed by atoms with Crippen LogP contribution < -0.4 is 0 Å². The molecular weight excluding hydrogens is 270 g/mol. The third kappa shape index (κ3) is 2.95. The van der Waals surface area contributed by atoms with Gasteiger partial charge in [-0.15, -0.1) is 0 Å². The van der Waals surface area contributed by atoms with Gasteiger partial charge in [-0.3, -0.25) is 10.1 Å². The van der Waals surface area contributed by atoms with Crippen molar-refractivity contribution in [2.45, 2.75) is 6.42 Å². The number of benzene rings is 2. The van der Waals surface area contributed by atoms with Crippen molar-refractivity contribution in [1.29, 1.82) is 0 Å². The fraction of sp³-hybridized carbons (Fsp3) is 0.0769. The minimum Gasteiger partial charge on any atom is -0.504 e. The highest BCUT2D eigenvalue weighted by Crippen LogP contribution is 2.31. The summed E-state index contributed by atoms with van der Waals surface area (Å²) in [5.74, 6) is -0.459. The Kier molecular flexibility index (Phi) is 3.57. The van der Waals surface area contributed by atoms with Crippen LogP contribution in [-0.2, 0) is 6.42 Å². The number of nitro groups is 1. The molecule has 2 aromatic rings. The van der Waals surface area contributed by atoms with Crippen molar-refractivity contribution in [3.05, 3.63) is 62.7 Å². The second kappa shape index (κ2) is 5.16. The van der Waals surface area contributed by atoms with Crippen LogP contribution in [0.4, 0.5) is 5.69 Å². The van der Waals surface area contributed by atoms with Crippen LogP contribution >= 0.6 is 11.6 Å². The van der Waals surface area contributed by atoms with E-state index >= 15 is 0 Å². The lowest BCUT2D eigenvalue weighted by molar-refractivity contribution is -0.384. The average Bonchev–Trinajstić information content (AvgIpc) is 2.34. The summed E-state index contributed by atoms with van der Waals surface area (Å²) < 4.78 is 0. The molecule has 0 aliphatic heterocycles. The van der Waals surface area contributed by atoms with Crippen LogP contribution in [0, 0.1) is 10.1 Å². The third-order valence-electron chi connectivity index (χ3n) is 2.65. The van der Waals surface area contributed by atoms with E-state index in [9.17, 15) is 20.3 Å². The number of hydrogen-bond acceptors (Lipinski definition) is 4. The number of hydrogen-bond donors (Lipinski definition) is 2. The maximum Gasteiger partial charge on any atom is 0.271 e. The van der Waals surface area contributed by atoms with Gasteiger partial charge in [-0.25, -0.2) is 0 Å². The van der Waals surface area contributed by atoms with E-state index in [-0.39, 0.29) is 28.6 Å². The Hall–Kier alpha value is -2.27. The molecule has 2 aromatic carbocycles. The highest BCUT2D eigenvalue weighted by atomic mass is 35.5. The van der Waals surface area contributed by atoms with E-state index in [1.54, 1.807) is 18.2 Å². The molecule has 0 amide bonds. The normalized spacial score (nSPS) is 10.4. The molecule has 2 N–H and O–H groups in total. The molecule has 0 spiro atoms. The predicted octanol–water partition coefficient (Wildman–Crippen LogP) is 3.25. The summed E-state index contributed by atoms with van der Waals surface area (Å²) in [4.78, 5) is 10.2. The molecule has 0 radical (unpaired) electrons. The van der Waals surface area contributed by atoms with Crippen LogP contribution in [0.15, 0.2) is 36.4 Å². The van der Waals surface area contributed by atoms with Gasteiger partial charge in [0.25, 0.3) is 5.69 Å². The first kappa shape index (κ1) is 13.2. The molecule has 98 valence electrons. The second-order valence-electron chi connectivity index (χ2n) is 4.04. The first-order valence-corrected chi connectivity index (χ1v) is 5.79. The van der Waals surface area contributed by atoms with E-state index in [0.717, 1.165) is 0 Å². The van der Waals surface area contributed by atoms with Gasteiger partial charge >= 0.3 is 0 Å². The first-order chi connectivity index (χ1) is 8.97. The lowest BCUT2D eigenvalue weighted by Gasteiger charge is -2.06. The fourth-order valence-corrected chi connectivity index (χ4v) is 2.03. The van der Waals surface area contributed by atoms with Crippen molar-refractivity contribution in [2.24, 2.45) is 0 Å². The van der Waals surface area contributed by atoms with Crippen LogP contribution in [0.3, 0.4) is 0 Å². The molecule has 0 unspecified atom stereocenters. The summed E-state index contributed by atoms with van der Waals surface area (Å²) in [5, 5.41) is 30.1. The molecule has 0 aliphatic rings. The SMILES string of the molecule is O=[N+]([O-])c1cc(Cl)cc(Cc2cccc(O)c2O)c1. The number of non-ortho nitro benzene ring substituents is 1. The number of phenols is 2. The van der Waals surface area contributed by atoms with E-state index in [1.165, 1.54) is 18.2 Å². The number of rotatable bonds is 3. The first-order valence-electron chi connectivity index (χ1n) is 5.41. The summed E-state index contributed by atoms with van der Waals surface area (Å²) in [5.41, 5.74) is 0.943. The van der Waals surface area contributed by atoms with Gasteiger partial charge in [0.05, 0.1) is 4.92 Å². The Morgan fingerprint density at radius 2 is 1.95 bits per heavy atom. The molecule has 0 fully saturated rings. The lowest BCUT2D eigenvalue weighted by Crippen LogP contribution is -1.93. The van der Waals surface area contributed by atoms with Gasteiger partial charge in [0, 0.05) is 29.1 Å². The molecule has 0 heterocycles. The Morgan fingerprint density at radius 1 is 1.21 bits per heavy atom. The largest absolute Gasteiger partial charge is 0.504 e. The van der Waals surface area contributed by atoms with Gasteiger partial charge in [0.2, 0.25) is 0 Å². The monoisotopic (exact) mass is 279 g/mol. The molecule has 0 atom stereocenters. The molecule has 5 nitrogen and oxygen atoms in total. The van der Waals surface area contributed by atoms with Crippen LogP contribution in [0.2, 0.25) is 5.02 Å². The van der Waals surface area contributed by atoms with Crippen LogP contribution in [0.25, 0.3) is 0 Å². The molecule has 0 aromatic heterocycles. The van der Waals surface area contributed by atoms with Gasteiger partial charge in [0.1, 0.15) is 0 Å². The molecule has 0 saturated carbocycles. The zero-order valence-electron chi connectivity index (χ0n) is 9.71. The van der Waals surface area contributed by atoms with Gasteiger partial charge < -0.3 is 10.2 Å². The molecule has 19 heavy (non-hydrogen) atoms. The smallest absolute Gasteiger partial charge is 0.271 e. The topological polar surface area (TPSA) is 83.6 Å². The fourth-order valence-electron chi connectivity index (χ4n) is 1.78. The molecule has 0 aliphatic carbocycles. The van der Waals surface area contributed by atoms with Crippen LogP contribution in [0.1, 0.15) is 11.1 Å². The van der Waals surface area contributed by atoms with E-state index in [0.29, 0.717) is 11.1 Å². The van der Waals surface area contributed by atoms with Gasteiger partial charge in [0.15, 0.2) is 11.5 Å². The minimum absolute atomic E-state index is 0.109. The molecule has 0 bridgehead atoms. The van der Waals surface area contributed by atoms with Crippen LogP contribution in [0.5, 0.6) is 11.5 Å². The third-order valence-corrected chi connectivity index (χ3v) is 2.86. The van der Waals surface area contributed by atoms with Crippen molar-refractivity contribution in [3.8, 4) is 11.5 Å². The van der Waals surface area contributed by atoms with Crippen molar-refractivity contribution in [3.63, 3.8) is 0 Å². The Labute approximate surface area is 113 Å². The minimum atomic E-state index is -0.530. The van der Waals surface area contributed by atoms with Gasteiger partial charge in [-0.1, -0.05) is 23.7 Å². The number of nitrogens with zero attached hydrogens (tertiary/aromatic N) is 1. The van der Waals surface area contributed by atoms with Crippen molar-refractivity contribution in [2.75, 3.05) is 0 Å².